The molecule has 0 aliphatic heterocycles. The highest BCUT2D eigenvalue weighted by atomic mass is 32.2. The van der Waals surface area contributed by atoms with Crippen molar-refractivity contribution in [3.05, 3.63) is 36.4 Å². The second-order valence-corrected chi connectivity index (χ2v) is 4.58. The molecule has 0 saturated heterocycles. The Morgan fingerprint density at radius 1 is 1.35 bits per heavy atom. The third-order valence-corrected chi connectivity index (χ3v) is 3.25. The van der Waals surface area contributed by atoms with Crippen molar-refractivity contribution < 1.29 is 5.11 Å². The summed E-state index contributed by atoms with van der Waals surface area (Å²) in [5.41, 5.74) is 1.78. The van der Waals surface area contributed by atoms with Gasteiger partial charge >= 0.3 is 0 Å². The summed E-state index contributed by atoms with van der Waals surface area (Å²) in [4.78, 5) is 15.6. The van der Waals surface area contributed by atoms with Crippen LogP contribution >= 0.6 is 11.8 Å². The normalized spacial score (nSPS) is 11.1. The Morgan fingerprint density at radius 3 is 3.06 bits per heavy atom. The molecule has 0 aliphatic carbocycles. The van der Waals surface area contributed by atoms with Crippen molar-refractivity contribution in [2.45, 2.75) is 16.7 Å². The molecule has 86 valence electrons. The van der Waals surface area contributed by atoms with Crippen LogP contribution in [0.3, 0.4) is 0 Å². The first-order chi connectivity index (χ1) is 8.35. The van der Waals surface area contributed by atoms with Gasteiger partial charge in [0.05, 0.1) is 11.0 Å². The number of aromatic amines is 2. The molecule has 0 unspecified atom stereocenters. The number of nitrogens with one attached hydrogen (secondary N) is 2. The number of imidazole rings is 2. The van der Waals surface area contributed by atoms with E-state index in [4.69, 9.17) is 5.11 Å². The topological polar surface area (TPSA) is 77.6 Å². The largest absolute Gasteiger partial charge is 0.388 e. The minimum Gasteiger partial charge on any atom is -0.388 e. The average molecular weight is 246 g/mol. The third kappa shape index (κ3) is 2.04. The lowest BCUT2D eigenvalue weighted by Gasteiger charge is -1.97. The van der Waals surface area contributed by atoms with Gasteiger partial charge in [-0.2, -0.15) is 0 Å². The van der Waals surface area contributed by atoms with Gasteiger partial charge in [-0.1, -0.05) is 11.8 Å². The van der Waals surface area contributed by atoms with Gasteiger partial charge in [0, 0.05) is 17.3 Å². The molecule has 5 nitrogen and oxygen atoms in total. The van der Waals surface area contributed by atoms with E-state index < -0.39 is 0 Å². The maximum absolute atomic E-state index is 9.00. The molecular weight excluding hydrogens is 236 g/mol. The summed E-state index contributed by atoms with van der Waals surface area (Å²) in [5, 5.41) is 9.85. The highest BCUT2D eigenvalue weighted by molar-refractivity contribution is 7.99. The van der Waals surface area contributed by atoms with E-state index in [1.807, 2.05) is 18.2 Å². The van der Waals surface area contributed by atoms with Gasteiger partial charge in [-0.05, 0) is 18.2 Å². The number of H-pyrrole nitrogens is 2. The standard InChI is InChI=1S/C11H10N4OS/c16-6-10-14-8-2-1-7(5-9(8)15-10)17-11-12-3-4-13-11/h1-5,16H,6H2,(H,12,13)(H,14,15). The molecule has 0 amide bonds. The smallest absolute Gasteiger partial charge is 0.170 e. The van der Waals surface area contributed by atoms with Crippen LogP contribution in [0.2, 0.25) is 0 Å². The number of fused-ring (bicyclic) bond motifs is 1. The van der Waals surface area contributed by atoms with E-state index >= 15 is 0 Å². The number of aliphatic hydroxyl groups is 1. The maximum atomic E-state index is 9.00. The minimum absolute atomic E-state index is 0.0741. The first-order valence-electron chi connectivity index (χ1n) is 5.12. The average Bonchev–Trinajstić information content (AvgIpc) is 2.96. The Kier molecular flexibility index (Phi) is 2.58. The lowest BCUT2D eigenvalue weighted by molar-refractivity contribution is 0.273. The summed E-state index contributed by atoms with van der Waals surface area (Å²) in [5.74, 6) is 0.583. The van der Waals surface area contributed by atoms with Crippen molar-refractivity contribution in [1.82, 2.24) is 19.9 Å². The van der Waals surface area contributed by atoms with Crippen LogP contribution in [0, 0.1) is 0 Å². The highest BCUT2D eigenvalue weighted by Crippen LogP contribution is 2.26. The van der Waals surface area contributed by atoms with Crippen LogP contribution in [0.25, 0.3) is 11.0 Å². The molecule has 0 atom stereocenters. The Morgan fingerprint density at radius 2 is 2.29 bits per heavy atom. The van der Waals surface area contributed by atoms with Gasteiger partial charge in [0.1, 0.15) is 12.4 Å². The molecule has 6 heteroatoms. The van der Waals surface area contributed by atoms with Gasteiger partial charge in [0.15, 0.2) is 5.16 Å². The van der Waals surface area contributed by atoms with Crippen molar-refractivity contribution in [3.63, 3.8) is 0 Å². The number of hydrogen-bond acceptors (Lipinski definition) is 4. The van der Waals surface area contributed by atoms with Crippen molar-refractivity contribution in [3.8, 4) is 0 Å². The lowest BCUT2D eigenvalue weighted by atomic mass is 10.3. The lowest BCUT2D eigenvalue weighted by Crippen LogP contribution is -1.83. The van der Waals surface area contributed by atoms with Crippen molar-refractivity contribution in [2.24, 2.45) is 0 Å². The molecule has 0 radical (unpaired) electrons. The molecule has 0 aliphatic rings. The van der Waals surface area contributed by atoms with Gasteiger partial charge in [-0.15, -0.1) is 0 Å². The predicted octanol–water partition coefficient (Wildman–Crippen LogP) is 1.93. The van der Waals surface area contributed by atoms with E-state index in [0.29, 0.717) is 5.82 Å². The second-order valence-electron chi connectivity index (χ2n) is 3.52. The van der Waals surface area contributed by atoms with Gasteiger partial charge in [-0.25, -0.2) is 9.97 Å². The van der Waals surface area contributed by atoms with Gasteiger partial charge in [-0.3, -0.25) is 0 Å². The Bertz CT molecular complexity index is 632. The zero-order valence-electron chi connectivity index (χ0n) is 8.84. The number of aromatic nitrogens is 4. The molecule has 17 heavy (non-hydrogen) atoms. The molecule has 0 spiro atoms. The number of rotatable bonds is 3. The Hall–Kier alpha value is -1.79. The Balaban J connectivity index is 1.95. The number of benzene rings is 1. The maximum Gasteiger partial charge on any atom is 0.170 e. The zero-order chi connectivity index (χ0) is 11.7. The summed E-state index contributed by atoms with van der Waals surface area (Å²) in [6, 6.07) is 5.91. The molecule has 3 rings (SSSR count). The van der Waals surface area contributed by atoms with Crippen LogP contribution in [0.5, 0.6) is 0 Å². The van der Waals surface area contributed by atoms with Crippen LogP contribution in [0.15, 0.2) is 40.6 Å². The summed E-state index contributed by atoms with van der Waals surface area (Å²) in [6.45, 7) is -0.0741. The number of nitrogens with zero attached hydrogens (tertiary/aromatic N) is 2. The molecule has 2 heterocycles. The number of aliphatic hydroxyl groups excluding tert-OH is 1. The van der Waals surface area contributed by atoms with E-state index in [9.17, 15) is 0 Å². The fourth-order valence-corrected chi connectivity index (χ4v) is 2.37. The van der Waals surface area contributed by atoms with Crippen molar-refractivity contribution in [1.29, 1.82) is 0 Å². The third-order valence-electron chi connectivity index (χ3n) is 2.34. The van der Waals surface area contributed by atoms with Crippen LogP contribution in [0.1, 0.15) is 5.82 Å². The van der Waals surface area contributed by atoms with Crippen molar-refractivity contribution in [2.75, 3.05) is 0 Å². The van der Waals surface area contributed by atoms with E-state index in [-0.39, 0.29) is 6.61 Å². The molecule has 1 aromatic carbocycles. The van der Waals surface area contributed by atoms with E-state index in [2.05, 4.69) is 19.9 Å². The summed E-state index contributed by atoms with van der Waals surface area (Å²) >= 11 is 1.55. The molecule has 3 aromatic rings. The summed E-state index contributed by atoms with van der Waals surface area (Å²) < 4.78 is 0. The van der Waals surface area contributed by atoms with E-state index in [1.165, 1.54) is 0 Å². The van der Waals surface area contributed by atoms with E-state index in [1.54, 1.807) is 24.2 Å². The van der Waals surface area contributed by atoms with E-state index in [0.717, 1.165) is 21.1 Å². The molecule has 0 saturated carbocycles. The molecule has 2 aromatic heterocycles. The van der Waals surface area contributed by atoms with Gasteiger partial charge < -0.3 is 15.1 Å². The fraction of sp³-hybridized carbons (Fsp3) is 0.0909. The van der Waals surface area contributed by atoms with Crippen LogP contribution in [-0.2, 0) is 6.61 Å². The molecule has 0 bridgehead atoms. The fourth-order valence-electron chi connectivity index (χ4n) is 1.60. The van der Waals surface area contributed by atoms with Crippen LogP contribution in [-0.4, -0.2) is 25.0 Å². The van der Waals surface area contributed by atoms with Crippen LogP contribution < -0.4 is 0 Å². The highest BCUT2D eigenvalue weighted by Gasteiger charge is 2.04. The molecule has 3 N–H and O–H groups in total. The SMILES string of the molecule is OCc1nc2ccc(Sc3ncc[nH]3)cc2[nH]1. The predicted molar refractivity (Wildman–Crippen MR) is 64.7 cm³/mol. The van der Waals surface area contributed by atoms with Gasteiger partial charge in [0.2, 0.25) is 0 Å². The second kappa shape index (κ2) is 4.23. The van der Waals surface area contributed by atoms with Crippen molar-refractivity contribution >= 4 is 22.8 Å². The molecular formula is C11H10N4OS. The monoisotopic (exact) mass is 246 g/mol. The van der Waals surface area contributed by atoms with Gasteiger partial charge in [0.25, 0.3) is 0 Å². The zero-order valence-corrected chi connectivity index (χ0v) is 9.66. The minimum atomic E-state index is -0.0741. The summed E-state index contributed by atoms with van der Waals surface area (Å²) in [6.07, 6.45) is 3.52. The van der Waals surface area contributed by atoms with Crippen LogP contribution in [0.4, 0.5) is 0 Å². The Labute approximate surface area is 101 Å². The first-order valence-corrected chi connectivity index (χ1v) is 5.93. The quantitative estimate of drug-likeness (QED) is 0.660. The first kappa shape index (κ1) is 10.4. The summed E-state index contributed by atoms with van der Waals surface area (Å²) in [7, 11) is 0. The molecule has 0 fully saturated rings. The number of hydrogen-bond donors (Lipinski definition) is 3.